The molecule has 1 atom stereocenters. The molecule has 2 nitrogen and oxygen atoms in total. The second-order valence-electron chi connectivity index (χ2n) is 5.78. The number of aromatic nitrogens is 1. The molecule has 0 aliphatic carbocycles. The Kier molecular flexibility index (Phi) is 6.90. The van der Waals surface area contributed by atoms with Crippen molar-refractivity contribution in [1.82, 2.24) is 4.98 Å². The number of aliphatic hydroxyl groups is 1. The van der Waals surface area contributed by atoms with Crippen LogP contribution in [0.3, 0.4) is 0 Å². The number of aryl methyl sites for hydroxylation is 2. The summed E-state index contributed by atoms with van der Waals surface area (Å²) in [6.45, 7) is 2.37. The molecule has 3 heteroatoms. The molecule has 2 aromatic heterocycles. The molecule has 0 amide bonds. The van der Waals surface area contributed by atoms with E-state index in [9.17, 15) is 0 Å². The smallest absolute Gasteiger partial charge is 0.0460 e. The van der Waals surface area contributed by atoms with E-state index in [4.69, 9.17) is 5.11 Å². The first-order chi connectivity index (χ1) is 10.3. The number of unbranched alkanes of at least 4 members (excludes halogenated alkanes) is 2. The topological polar surface area (TPSA) is 33.1 Å². The standard InChI is InChI=1S/C18H25NOS/c1-15(14-20)12-18-10-9-17(21-18)8-4-2-3-6-16-7-5-11-19-13-16/h5,7,9-11,13,15,20H,2-4,6,8,12,14H2,1H3/t15-/m1/s1. The van der Waals surface area contributed by atoms with Crippen molar-refractivity contribution in [3.05, 3.63) is 52.0 Å². The van der Waals surface area contributed by atoms with E-state index in [1.807, 2.05) is 29.8 Å². The Morgan fingerprint density at radius 1 is 1.10 bits per heavy atom. The molecule has 0 aromatic carbocycles. The summed E-state index contributed by atoms with van der Waals surface area (Å²) >= 11 is 1.91. The van der Waals surface area contributed by atoms with Gasteiger partial charge in [0.1, 0.15) is 0 Å². The molecule has 2 rings (SSSR count). The Morgan fingerprint density at radius 2 is 1.90 bits per heavy atom. The van der Waals surface area contributed by atoms with Gasteiger partial charge in [0, 0.05) is 28.8 Å². The first kappa shape index (κ1) is 16.2. The average molecular weight is 303 g/mol. The largest absolute Gasteiger partial charge is 0.396 e. The number of hydrogen-bond acceptors (Lipinski definition) is 3. The summed E-state index contributed by atoms with van der Waals surface area (Å²) in [4.78, 5) is 7.04. The summed E-state index contributed by atoms with van der Waals surface area (Å²) in [5.74, 6) is 0.371. The third-order valence-electron chi connectivity index (χ3n) is 3.69. The molecule has 21 heavy (non-hydrogen) atoms. The molecule has 1 N–H and O–H groups in total. The Hall–Kier alpha value is -1.19. The molecule has 2 aromatic rings. The van der Waals surface area contributed by atoms with Crippen LogP contribution in [0.1, 0.15) is 41.5 Å². The van der Waals surface area contributed by atoms with Gasteiger partial charge in [-0.1, -0.05) is 19.4 Å². The third kappa shape index (κ3) is 5.98. The van der Waals surface area contributed by atoms with Gasteiger partial charge in [0.05, 0.1) is 0 Å². The molecule has 0 bridgehead atoms. The highest BCUT2D eigenvalue weighted by Crippen LogP contribution is 2.21. The first-order valence-electron chi connectivity index (χ1n) is 7.85. The van der Waals surface area contributed by atoms with E-state index in [0.29, 0.717) is 5.92 Å². The van der Waals surface area contributed by atoms with Crippen LogP contribution in [0.25, 0.3) is 0 Å². The molecular formula is C18H25NOS. The molecule has 2 heterocycles. The quantitative estimate of drug-likeness (QED) is 0.702. The first-order valence-corrected chi connectivity index (χ1v) is 8.67. The Balaban J connectivity index is 1.62. The molecule has 0 saturated heterocycles. The van der Waals surface area contributed by atoms with Gasteiger partial charge in [-0.25, -0.2) is 0 Å². The van der Waals surface area contributed by atoms with E-state index in [0.717, 1.165) is 12.8 Å². The van der Waals surface area contributed by atoms with Crippen molar-refractivity contribution < 1.29 is 5.11 Å². The van der Waals surface area contributed by atoms with Gasteiger partial charge in [-0.15, -0.1) is 11.3 Å². The van der Waals surface area contributed by atoms with Crippen molar-refractivity contribution >= 4 is 11.3 Å². The number of nitrogens with zero attached hydrogens (tertiary/aromatic N) is 1. The van der Waals surface area contributed by atoms with Crippen LogP contribution in [0.4, 0.5) is 0 Å². The summed E-state index contributed by atoms with van der Waals surface area (Å²) in [5.41, 5.74) is 1.34. The fraction of sp³-hybridized carbons (Fsp3) is 0.500. The fourth-order valence-corrected chi connectivity index (χ4v) is 3.65. The Labute approximate surface area is 131 Å². The zero-order valence-electron chi connectivity index (χ0n) is 12.8. The minimum Gasteiger partial charge on any atom is -0.396 e. The molecule has 0 unspecified atom stereocenters. The van der Waals surface area contributed by atoms with Gasteiger partial charge >= 0.3 is 0 Å². The number of hydrogen-bond donors (Lipinski definition) is 1. The summed E-state index contributed by atoms with van der Waals surface area (Å²) in [7, 11) is 0. The molecule has 0 fully saturated rings. The maximum atomic E-state index is 9.10. The number of aliphatic hydroxyl groups excluding tert-OH is 1. The predicted octanol–water partition coefficient (Wildman–Crippen LogP) is 4.27. The highest BCUT2D eigenvalue weighted by molar-refractivity contribution is 7.11. The van der Waals surface area contributed by atoms with Crippen molar-refractivity contribution in [2.45, 2.75) is 45.4 Å². The Bertz CT molecular complexity index is 509. The van der Waals surface area contributed by atoms with Crippen LogP contribution < -0.4 is 0 Å². The minimum absolute atomic E-state index is 0.279. The normalized spacial score (nSPS) is 12.5. The van der Waals surface area contributed by atoms with Gasteiger partial charge in [-0.3, -0.25) is 4.98 Å². The molecule has 0 saturated carbocycles. The molecule has 0 aliphatic rings. The monoisotopic (exact) mass is 303 g/mol. The van der Waals surface area contributed by atoms with Gasteiger partial charge < -0.3 is 5.11 Å². The van der Waals surface area contributed by atoms with Crippen LogP contribution in [-0.4, -0.2) is 16.7 Å². The SMILES string of the molecule is C[C@@H](CO)Cc1ccc(CCCCCc2cccnc2)s1. The summed E-state index contributed by atoms with van der Waals surface area (Å²) in [6, 6.07) is 8.64. The molecule has 114 valence electrons. The van der Waals surface area contributed by atoms with E-state index in [1.165, 1.54) is 41.0 Å². The van der Waals surface area contributed by atoms with Crippen molar-refractivity contribution in [3.63, 3.8) is 0 Å². The van der Waals surface area contributed by atoms with Crippen LogP contribution in [0.5, 0.6) is 0 Å². The summed E-state index contributed by atoms with van der Waals surface area (Å²) < 4.78 is 0. The fourth-order valence-electron chi connectivity index (χ4n) is 2.43. The van der Waals surface area contributed by atoms with Gasteiger partial charge in [0.15, 0.2) is 0 Å². The van der Waals surface area contributed by atoms with E-state index >= 15 is 0 Å². The predicted molar refractivity (Wildman–Crippen MR) is 89.8 cm³/mol. The van der Waals surface area contributed by atoms with Crippen LogP contribution >= 0.6 is 11.3 Å². The van der Waals surface area contributed by atoms with Crippen LogP contribution in [0.2, 0.25) is 0 Å². The van der Waals surface area contributed by atoms with E-state index in [1.54, 1.807) is 0 Å². The van der Waals surface area contributed by atoms with Gasteiger partial charge in [0.25, 0.3) is 0 Å². The van der Waals surface area contributed by atoms with Crippen molar-refractivity contribution in [1.29, 1.82) is 0 Å². The second kappa shape index (κ2) is 8.96. The number of rotatable bonds is 9. The number of thiophene rings is 1. The molecule has 0 radical (unpaired) electrons. The van der Waals surface area contributed by atoms with Crippen LogP contribution in [0, 0.1) is 5.92 Å². The number of pyridine rings is 1. The lowest BCUT2D eigenvalue weighted by Crippen LogP contribution is -2.02. The van der Waals surface area contributed by atoms with Crippen LogP contribution in [0.15, 0.2) is 36.7 Å². The zero-order valence-corrected chi connectivity index (χ0v) is 13.6. The maximum Gasteiger partial charge on any atom is 0.0460 e. The second-order valence-corrected chi connectivity index (χ2v) is 7.03. The summed E-state index contributed by atoms with van der Waals surface area (Å²) in [6.07, 6.45) is 10.9. The van der Waals surface area contributed by atoms with Gasteiger partial charge in [0.2, 0.25) is 0 Å². The van der Waals surface area contributed by atoms with Crippen LogP contribution in [-0.2, 0) is 19.3 Å². The molecule has 0 aliphatic heterocycles. The Morgan fingerprint density at radius 3 is 2.67 bits per heavy atom. The maximum absolute atomic E-state index is 9.10. The lowest BCUT2D eigenvalue weighted by atomic mass is 10.1. The van der Waals surface area contributed by atoms with Crippen molar-refractivity contribution in [2.75, 3.05) is 6.61 Å². The lowest BCUT2D eigenvalue weighted by Gasteiger charge is -2.04. The summed E-state index contributed by atoms with van der Waals surface area (Å²) in [5, 5.41) is 9.10. The third-order valence-corrected chi connectivity index (χ3v) is 4.86. The zero-order chi connectivity index (χ0) is 14.9. The van der Waals surface area contributed by atoms with Crippen molar-refractivity contribution in [2.24, 2.45) is 5.92 Å². The minimum atomic E-state index is 0.279. The highest BCUT2D eigenvalue weighted by Gasteiger charge is 2.05. The lowest BCUT2D eigenvalue weighted by molar-refractivity contribution is 0.237. The van der Waals surface area contributed by atoms with Gasteiger partial charge in [-0.2, -0.15) is 0 Å². The van der Waals surface area contributed by atoms with Gasteiger partial charge in [-0.05, 0) is 61.8 Å². The molecular weight excluding hydrogens is 278 g/mol. The van der Waals surface area contributed by atoms with E-state index in [2.05, 4.69) is 30.1 Å². The van der Waals surface area contributed by atoms with E-state index in [-0.39, 0.29) is 6.61 Å². The van der Waals surface area contributed by atoms with Crippen molar-refractivity contribution in [3.8, 4) is 0 Å². The highest BCUT2D eigenvalue weighted by atomic mass is 32.1. The average Bonchev–Trinajstić information content (AvgIpc) is 2.95. The molecule has 0 spiro atoms. The van der Waals surface area contributed by atoms with E-state index < -0.39 is 0 Å².